The Morgan fingerprint density at radius 2 is 1.97 bits per heavy atom. The van der Waals surface area contributed by atoms with Gasteiger partial charge in [-0.2, -0.15) is 0 Å². The molecule has 0 amide bonds. The fourth-order valence-electron chi connectivity index (χ4n) is 3.79. The predicted octanol–water partition coefficient (Wildman–Crippen LogP) is 4.74. The fraction of sp³-hybridized carbons (Fsp3) is 0.478. The topological polar surface area (TPSA) is 47.4 Å². The highest BCUT2D eigenvalue weighted by Gasteiger charge is 2.20. The molecule has 0 aliphatic heterocycles. The monoisotopic (exact) mass is 413 g/mol. The molecule has 0 atom stereocenters. The summed E-state index contributed by atoms with van der Waals surface area (Å²) in [5.41, 5.74) is 2.07. The third-order valence-corrected chi connectivity index (χ3v) is 6.43. The molecule has 3 aromatic rings. The van der Waals surface area contributed by atoms with Crippen molar-refractivity contribution in [3.05, 3.63) is 45.3 Å². The van der Waals surface area contributed by atoms with Crippen molar-refractivity contribution in [2.75, 3.05) is 26.7 Å². The Morgan fingerprint density at radius 1 is 1.21 bits per heavy atom. The highest BCUT2D eigenvalue weighted by molar-refractivity contribution is 7.19. The number of hydrogen-bond donors (Lipinski definition) is 0. The standard InChI is InChI=1S/C23H31N3O2S/c1-6-10-19-24-22-21(23(27)26(19)14-13-25(7-2)8-3)20(16(4)29-22)17-11-9-12-18(15-17)28-5/h9,11-12,15H,6-8,10,13-14H2,1-5H3. The Morgan fingerprint density at radius 3 is 2.62 bits per heavy atom. The van der Waals surface area contributed by atoms with Crippen molar-refractivity contribution < 1.29 is 4.74 Å². The largest absolute Gasteiger partial charge is 0.497 e. The third kappa shape index (κ3) is 4.38. The van der Waals surface area contributed by atoms with Gasteiger partial charge in [-0.3, -0.25) is 9.36 Å². The van der Waals surface area contributed by atoms with E-state index in [2.05, 4.69) is 32.6 Å². The maximum absolute atomic E-state index is 13.7. The van der Waals surface area contributed by atoms with Crippen LogP contribution in [0, 0.1) is 6.92 Å². The number of fused-ring (bicyclic) bond motifs is 1. The van der Waals surface area contributed by atoms with Gasteiger partial charge in [0, 0.05) is 30.0 Å². The molecular weight excluding hydrogens is 382 g/mol. The molecule has 2 aromatic heterocycles. The van der Waals surface area contributed by atoms with Crippen LogP contribution in [0.25, 0.3) is 21.3 Å². The summed E-state index contributed by atoms with van der Waals surface area (Å²) in [5.74, 6) is 1.69. The van der Waals surface area contributed by atoms with Gasteiger partial charge in [0.05, 0.1) is 12.5 Å². The number of aromatic nitrogens is 2. The Bertz CT molecular complexity index is 1030. The summed E-state index contributed by atoms with van der Waals surface area (Å²) in [5, 5.41) is 0.736. The van der Waals surface area contributed by atoms with E-state index in [1.807, 2.05) is 28.8 Å². The Balaban J connectivity index is 2.18. The summed E-state index contributed by atoms with van der Waals surface area (Å²) >= 11 is 1.61. The van der Waals surface area contributed by atoms with Gasteiger partial charge in [0.2, 0.25) is 0 Å². The van der Waals surface area contributed by atoms with E-state index in [0.29, 0.717) is 6.54 Å². The SMILES string of the molecule is CCCc1nc2sc(C)c(-c3cccc(OC)c3)c2c(=O)n1CCN(CC)CC. The molecule has 0 radical (unpaired) electrons. The maximum Gasteiger partial charge on any atom is 0.262 e. The first kappa shape index (κ1) is 21.5. The molecule has 2 heterocycles. The smallest absolute Gasteiger partial charge is 0.262 e. The lowest BCUT2D eigenvalue weighted by atomic mass is 10.0. The number of nitrogens with zero attached hydrogens (tertiary/aromatic N) is 3. The van der Waals surface area contributed by atoms with E-state index >= 15 is 0 Å². The van der Waals surface area contributed by atoms with Crippen LogP contribution in [0.15, 0.2) is 29.1 Å². The van der Waals surface area contributed by atoms with E-state index in [9.17, 15) is 4.79 Å². The molecule has 0 fully saturated rings. The van der Waals surface area contributed by atoms with Gasteiger partial charge in [-0.25, -0.2) is 4.98 Å². The fourth-order valence-corrected chi connectivity index (χ4v) is 4.84. The Hall–Kier alpha value is -2.18. The molecule has 0 spiro atoms. The van der Waals surface area contributed by atoms with Gasteiger partial charge >= 0.3 is 0 Å². The molecule has 0 N–H and O–H groups in total. The first-order valence-electron chi connectivity index (χ1n) is 10.4. The first-order chi connectivity index (χ1) is 14.0. The summed E-state index contributed by atoms with van der Waals surface area (Å²) in [7, 11) is 1.66. The molecule has 156 valence electrons. The van der Waals surface area contributed by atoms with Crippen LogP contribution in [0.4, 0.5) is 0 Å². The van der Waals surface area contributed by atoms with Crippen molar-refractivity contribution in [3.63, 3.8) is 0 Å². The summed E-state index contributed by atoms with van der Waals surface area (Å²) in [6.45, 7) is 12.0. The van der Waals surface area contributed by atoms with E-state index < -0.39 is 0 Å². The minimum Gasteiger partial charge on any atom is -0.497 e. The predicted molar refractivity (Wildman–Crippen MR) is 122 cm³/mol. The van der Waals surface area contributed by atoms with Gasteiger partial charge in [0.25, 0.3) is 5.56 Å². The van der Waals surface area contributed by atoms with Crippen molar-refractivity contribution in [2.24, 2.45) is 0 Å². The van der Waals surface area contributed by atoms with E-state index in [1.165, 1.54) is 0 Å². The van der Waals surface area contributed by atoms with E-state index in [1.54, 1.807) is 18.4 Å². The number of benzene rings is 1. The molecule has 29 heavy (non-hydrogen) atoms. The normalized spacial score (nSPS) is 11.5. The van der Waals surface area contributed by atoms with Crippen molar-refractivity contribution >= 4 is 21.6 Å². The van der Waals surface area contributed by atoms with Crippen molar-refractivity contribution in [2.45, 2.75) is 47.1 Å². The number of aryl methyl sites for hydroxylation is 2. The number of thiophene rings is 1. The molecule has 5 nitrogen and oxygen atoms in total. The number of methoxy groups -OCH3 is 1. The summed E-state index contributed by atoms with van der Waals surface area (Å²) in [6, 6.07) is 7.92. The molecule has 3 rings (SSSR count). The van der Waals surface area contributed by atoms with Crippen LogP contribution in [0.3, 0.4) is 0 Å². The average Bonchev–Trinajstić information content (AvgIpc) is 3.06. The van der Waals surface area contributed by atoms with Gasteiger partial charge in [0.1, 0.15) is 16.4 Å². The highest BCUT2D eigenvalue weighted by atomic mass is 32.1. The molecule has 0 aliphatic carbocycles. The molecular formula is C23H31N3O2S. The maximum atomic E-state index is 13.7. The van der Waals surface area contributed by atoms with Crippen LogP contribution >= 0.6 is 11.3 Å². The van der Waals surface area contributed by atoms with Crippen LogP contribution in [-0.4, -0.2) is 41.2 Å². The zero-order valence-electron chi connectivity index (χ0n) is 18.1. The lowest BCUT2D eigenvalue weighted by Crippen LogP contribution is -2.33. The van der Waals surface area contributed by atoms with E-state index in [-0.39, 0.29) is 5.56 Å². The Labute approximate surface area is 177 Å². The third-order valence-electron chi connectivity index (χ3n) is 5.43. The summed E-state index contributed by atoms with van der Waals surface area (Å²) < 4.78 is 7.30. The quantitative estimate of drug-likeness (QED) is 0.508. The summed E-state index contributed by atoms with van der Waals surface area (Å²) in [4.78, 5) is 22.9. The van der Waals surface area contributed by atoms with Crippen molar-refractivity contribution in [1.82, 2.24) is 14.5 Å². The molecule has 6 heteroatoms. The van der Waals surface area contributed by atoms with Crippen molar-refractivity contribution in [3.8, 4) is 16.9 Å². The zero-order valence-corrected chi connectivity index (χ0v) is 18.9. The Kier molecular flexibility index (Phi) is 7.09. The minimum absolute atomic E-state index is 0.0766. The zero-order chi connectivity index (χ0) is 21.0. The lowest BCUT2D eigenvalue weighted by Gasteiger charge is -2.20. The molecule has 0 saturated heterocycles. The van der Waals surface area contributed by atoms with Crippen LogP contribution in [0.1, 0.15) is 37.9 Å². The average molecular weight is 414 g/mol. The number of ether oxygens (including phenoxy) is 1. The summed E-state index contributed by atoms with van der Waals surface area (Å²) in [6.07, 6.45) is 1.78. The number of likely N-dealkylation sites (N-methyl/N-ethyl adjacent to an activating group) is 1. The van der Waals surface area contributed by atoms with Crippen LogP contribution in [0.2, 0.25) is 0 Å². The first-order valence-corrected chi connectivity index (χ1v) is 11.2. The second kappa shape index (κ2) is 9.55. The molecule has 1 aromatic carbocycles. The highest BCUT2D eigenvalue weighted by Crippen LogP contribution is 2.37. The van der Waals surface area contributed by atoms with Crippen molar-refractivity contribution in [1.29, 1.82) is 0 Å². The second-order valence-electron chi connectivity index (χ2n) is 7.21. The molecule has 0 aliphatic rings. The van der Waals surface area contributed by atoms with Crippen LogP contribution in [-0.2, 0) is 13.0 Å². The molecule has 0 bridgehead atoms. The minimum atomic E-state index is 0.0766. The van der Waals surface area contributed by atoms with Gasteiger partial charge in [-0.15, -0.1) is 11.3 Å². The van der Waals surface area contributed by atoms with Gasteiger partial charge in [0.15, 0.2) is 0 Å². The van der Waals surface area contributed by atoms with Gasteiger partial charge in [-0.05, 0) is 44.1 Å². The van der Waals surface area contributed by atoms with E-state index in [0.717, 1.165) is 70.3 Å². The van der Waals surface area contributed by atoms with Gasteiger partial charge in [-0.1, -0.05) is 32.9 Å². The van der Waals surface area contributed by atoms with Gasteiger partial charge < -0.3 is 9.64 Å². The van der Waals surface area contributed by atoms with Crippen LogP contribution in [0.5, 0.6) is 5.75 Å². The number of hydrogen-bond acceptors (Lipinski definition) is 5. The molecule has 0 unspecified atom stereocenters. The van der Waals surface area contributed by atoms with E-state index in [4.69, 9.17) is 9.72 Å². The second-order valence-corrected chi connectivity index (χ2v) is 8.41. The number of rotatable bonds is 9. The lowest BCUT2D eigenvalue weighted by molar-refractivity contribution is 0.287. The molecule has 0 saturated carbocycles. The van der Waals surface area contributed by atoms with Crippen LogP contribution < -0.4 is 10.3 Å².